The van der Waals surface area contributed by atoms with Gasteiger partial charge in [0.05, 0.1) is 7.11 Å². The maximum atomic E-state index is 6.02. The predicted octanol–water partition coefficient (Wildman–Crippen LogP) is 3.03. The highest BCUT2D eigenvalue weighted by Gasteiger charge is 2.15. The number of rotatable bonds is 4. The van der Waals surface area contributed by atoms with Gasteiger partial charge in [0.15, 0.2) is 4.34 Å². The highest BCUT2D eigenvalue weighted by atomic mass is 32.2. The molecular formula is C12H15N3OS2. The van der Waals surface area contributed by atoms with Crippen LogP contribution in [0.5, 0.6) is 5.75 Å². The first-order valence-electron chi connectivity index (χ1n) is 5.52. The summed E-state index contributed by atoms with van der Waals surface area (Å²) in [5.74, 6) is 0.816. The van der Waals surface area contributed by atoms with Gasteiger partial charge in [-0.15, -0.1) is 10.2 Å². The molecule has 0 radical (unpaired) electrons. The van der Waals surface area contributed by atoms with Crippen molar-refractivity contribution in [1.82, 2.24) is 10.2 Å². The molecule has 0 bridgehead atoms. The van der Waals surface area contributed by atoms with Crippen LogP contribution in [0.4, 0.5) is 0 Å². The van der Waals surface area contributed by atoms with Crippen LogP contribution >= 0.6 is 23.1 Å². The first-order chi connectivity index (χ1) is 8.61. The fourth-order valence-corrected chi connectivity index (χ4v) is 3.68. The minimum Gasteiger partial charge on any atom is -0.496 e. The van der Waals surface area contributed by atoms with E-state index in [1.54, 1.807) is 30.2 Å². The second kappa shape index (κ2) is 5.69. The molecule has 0 aliphatic carbocycles. The van der Waals surface area contributed by atoms with Gasteiger partial charge in [-0.3, -0.25) is 0 Å². The van der Waals surface area contributed by atoms with Crippen molar-refractivity contribution >= 4 is 23.1 Å². The van der Waals surface area contributed by atoms with E-state index in [2.05, 4.69) is 10.2 Å². The summed E-state index contributed by atoms with van der Waals surface area (Å²) in [6.07, 6.45) is 0. The summed E-state index contributed by atoms with van der Waals surface area (Å²) in [5.41, 5.74) is 7.04. The van der Waals surface area contributed by atoms with Gasteiger partial charge in [0.1, 0.15) is 10.8 Å². The summed E-state index contributed by atoms with van der Waals surface area (Å²) >= 11 is 3.15. The smallest absolute Gasteiger partial charge is 0.179 e. The van der Waals surface area contributed by atoms with Crippen LogP contribution in [0.25, 0.3) is 0 Å². The molecular weight excluding hydrogens is 266 g/mol. The first-order valence-corrected chi connectivity index (χ1v) is 7.15. The molecule has 0 amide bonds. The lowest BCUT2D eigenvalue weighted by Gasteiger charge is -2.15. The fourth-order valence-electron chi connectivity index (χ4n) is 1.65. The molecule has 1 heterocycles. The average molecular weight is 281 g/mol. The van der Waals surface area contributed by atoms with Crippen molar-refractivity contribution in [3.8, 4) is 5.75 Å². The van der Waals surface area contributed by atoms with E-state index in [9.17, 15) is 0 Å². The molecule has 18 heavy (non-hydrogen) atoms. The van der Waals surface area contributed by atoms with E-state index >= 15 is 0 Å². The number of hydrogen-bond acceptors (Lipinski definition) is 6. The molecule has 6 heteroatoms. The molecule has 0 saturated heterocycles. The van der Waals surface area contributed by atoms with Crippen molar-refractivity contribution in [2.45, 2.75) is 29.1 Å². The van der Waals surface area contributed by atoms with Gasteiger partial charge in [-0.25, -0.2) is 0 Å². The van der Waals surface area contributed by atoms with E-state index in [1.807, 2.05) is 32.0 Å². The van der Waals surface area contributed by atoms with Crippen molar-refractivity contribution in [2.24, 2.45) is 5.73 Å². The summed E-state index contributed by atoms with van der Waals surface area (Å²) in [4.78, 5) is 1.07. The quantitative estimate of drug-likeness (QED) is 0.933. The SMILES string of the molecule is COc1cccc(Sc2nnc(C)s2)c1[C@H](C)N. The molecule has 1 aromatic carbocycles. The summed E-state index contributed by atoms with van der Waals surface area (Å²) < 4.78 is 6.28. The number of benzene rings is 1. The van der Waals surface area contributed by atoms with Crippen LogP contribution in [0, 0.1) is 6.92 Å². The molecule has 0 unspecified atom stereocenters. The minimum atomic E-state index is -0.0855. The topological polar surface area (TPSA) is 61.0 Å². The van der Waals surface area contributed by atoms with Gasteiger partial charge in [0.25, 0.3) is 0 Å². The van der Waals surface area contributed by atoms with Crippen LogP contribution in [0.3, 0.4) is 0 Å². The number of hydrogen-bond donors (Lipinski definition) is 1. The number of aromatic nitrogens is 2. The molecule has 2 N–H and O–H groups in total. The van der Waals surface area contributed by atoms with Gasteiger partial charge in [-0.2, -0.15) is 0 Å². The maximum absolute atomic E-state index is 6.02. The number of methoxy groups -OCH3 is 1. The zero-order chi connectivity index (χ0) is 13.1. The molecule has 0 aliphatic rings. The molecule has 0 aliphatic heterocycles. The lowest BCUT2D eigenvalue weighted by Crippen LogP contribution is -2.08. The summed E-state index contributed by atoms with van der Waals surface area (Å²) in [6.45, 7) is 3.90. The van der Waals surface area contributed by atoms with Crippen molar-refractivity contribution in [3.63, 3.8) is 0 Å². The highest BCUT2D eigenvalue weighted by Crippen LogP contribution is 2.38. The highest BCUT2D eigenvalue weighted by molar-refractivity contribution is 8.01. The Labute approximate surface area is 115 Å². The molecule has 2 aromatic rings. The number of nitrogens with two attached hydrogens (primary N) is 1. The Kier molecular flexibility index (Phi) is 4.21. The number of aryl methyl sites for hydroxylation is 1. The molecule has 0 fully saturated rings. The Hall–Kier alpha value is -1.11. The molecule has 0 spiro atoms. The third-order valence-corrected chi connectivity index (χ3v) is 4.37. The van der Waals surface area contributed by atoms with Crippen LogP contribution in [-0.2, 0) is 0 Å². The van der Waals surface area contributed by atoms with Gasteiger partial charge < -0.3 is 10.5 Å². The lowest BCUT2D eigenvalue weighted by molar-refractivity contribution is 0.405. The van der Waals surface area contributed by atoms with Crippen LogP contribution < -0.4 is 10.5 Å². The van der Waals surface area contributed by atoms with Crippen LogP contribution in [0.15, 0.2) is 27.4 Å². The molecule has 0 saturated carbocycles. The number of nitrogens with zero attached hydrogens (tertiary/aromatic N) is 2. The largest absolute Gasteiger partial charge is 0.496 e. The Morgan fingerprint density at radius 3 is 2.72 bits per heavy atom. The Morgan fingerprint density at radius 1 is 1.39 bits per heavy atom. The maximum Gasteiger partial charge on any atom is 0.179 e. The zero-order valence-corrected chi connectivity index (χ0v) is 12.1. The second-order valence-corrected chi connectivity index (χ2v) is 6.32. The van der Waals surface area contributed by atoms with E-state index in [-0.39, 0.29) is 6.04 Å². The van der Waals surface area contributed by atoms with Crippen molar-refractivity contribution in [1.29, 1.82) is 0 Å². The minimum absolute atomic E-state index is 0.0855. The molecule has 2 rings (SSSR count). The van der Waals surface area contributed by atoms with Gasteiger partial charge in [-0.05, 0) is 26.0 Å². The predicted molar refractivity (Wildman–Crippen MR) is 74.4 cm³/mol. The lowest BCUT2D eigenvalue weighted by atomic mass is 10.1. The Bertz CT molecular complexity index is 540. The monoisotopic (exact) mass is 281 g/mol. The van der Waals surface area contributed by atoms with Crippen LogP contribution in [0.1, 0.15) is 23.5 Å². The number of ether oxygens (including phenoxy) is 1. The summed E-state index contributed by atoms with van der Waals surface area (Å²) in [7, 11) is 1.66. The molecule has 1 aromatic heterocycles. The van der Waals surface area contributed by atoms with Gasteiger partial charge in [-0.1, -0.05) is 29.2 Å². The van der Waals surface area contributed by atoms with E-state index in [0.29, 0.717) is 0 Å². The van der Waals surface area contributed by atoms with E-state index < -0.39 is 0 Å². The summed E-state index contributed by atoms with van der Waals surface area (Å²) in [5, 5.41) is 9.09. The fraction of sp³-hybridized carbons (Fsp3) is 0.333. The molecule has 4 nitrogen and oxygen atoms in total. The third kappa shape index (κ3) is 2.82. The van der Waals surface area contributed by atoms with Gasteiger partial charge >= 0.3 is 0 Å². The van der Waals surface area contributed by atoms with Crippen LogP contribution in [-0.4, -0.2) is 17.3 Å². The molecule has 96 valence electrons. The normalized spacial score (nSPS) is 12.4. The summed E-state index contributed by atoms with van der Waals surface area (Å²) in [6, 6.07) is 5.83. The Balaban J connectivity index is 2.37. The zero-order valence-electron chi connectivity index (χ0n) is 10.5. The third-order valence-electron chi connectivity index (χ3n) is 2.41. The van der Waals surface area contributed by atoms with E-state index in [4.69, 9.17) is 10.5 Å². The Morgan fingerprint density at radius 2 is 2.17 bits per heavy atom. The van der Waals surface area contributed by atoms with Crippen LogP contribution in [0.2, 0.25) is 0 Å². The average Bonchev–Trinajstić information content (AvgIpc) is 2.74. The van der Waals surface area contributed by atoms with Gasteiger partial charge in [0.2, 0.25) is 0 Å². The van der Waals surface area contributed by atoms with Crippen molar-refractivity contribution in [3.05, 3.63) is 28.8 Å². The van der Waals surface area contributed by atoms with Crippen molar-refractivity contribution < 1.29 is 4.74 Å². The van der Waals surface area contributed by atoms with Crippen molar-refractivity contribution in [2.75, 3.05) is 7.11 Å². The molecule has 1 atom stereocenters. The van der Waals surface area contributed by atoms with Gasteiger partial charge in [0, 0.05) is 16.5 Å². The van der Waals surface area contributed by atoms with E-state index in [0.717, 1.165) is 25.6 Å². The first kappa shape index (κ1) is 13.3. The van der Waals surface area contributed by atoms with E-state index in [1.165, 1.54) is 0 Å². The second-order valence-electron chi connectivity index (χ2n) is 3.85. The standard InChI is InChI=1S/C12H15N3OS2/c1-7(13)11-9(16-3)5-4-6-10(11)18-12-15-14-8(2)17-12/h4-7H,13H2,1-3H3/t7-/m0/s1.